The zero-order valence-corrected chi connectivity index (χ0v) is 23.1. The Kier molecular flexibility index (Phi) is 8.24. The lowest BCUT2D eigenvalue weighted by molar-refractivity contribution is 1.28. The standard InChI is InChI=1S/C18H15N.C12H9N.C8H6N2/c1-4-10-16(11-5-1)19(17-12-6-2-7-13-17)18-14-8-3-9-15-18;1-3-7-11-9(5-1)10-6-2-4-8-12(10)13-11;1-3-7-4-2-6-10-8(7)9-5-1/h1-15H;1-8,13H;1-6H. The van der Waals surface area contributed by atoms with Crippen LogP contribution in [0.2, 0.25) is 0 Å². The molecular weight excluding hydrogens is 512 g/mol. The van der Waals surface area contributed by atoms with Gasteiger partial charge < -0.3 is 9.88 Å². The van der Waals surface area contributed by atoms with Crippen LogP contribution in [0, 0.1) is 0 Å². The highest BCUT2D eigenvalue weighted by atomic mass is 15.1. The summed E-state index contributed by atoms with van der Waals surface area (Å²) in [5.41, 5.74) is 6.73. The predicted molar refractivity (Wildman–Crippen MR) is 176 cm³/mol. The second kappa shape index (κ2) is 13.1. The van der Waals surface area contributed by atoms with E-state index in [0.29, 0.717) is 0 Å². The number of nitrogens with one attached hydrogen (secondary N) is 1. The van der Waals surface area contributed by atoms with Crippen LogP contribution < -0.4 is 4.90 Å². The average molecular weight is 543 g/mol. The highest BCUT2D eigenvalue weighted by Gasteiger charge is 2.10. The molecule has 4 heteroatoms. The highest BCUT2D eigenvalue weighted by molar-refractivity contribution is 6.06. The van der Waals surface area contributed by atoms with Crippen LogP contribution >= 0.6 is 0 Å². The lowest BCUT2D eigenvalue weighted by Crippen LogP contribution is -2.09. The highest BCUT2D eigenvalue weighted by Crippen LogP contribution is 2.33. The van der Waals surface area contributed by atoms with E-state index in [1.54, 1.807) is 12.4 Å². The molecular formula is C38H30N4. The summed E-state index contributed by atoms with van der Waals surface area (Å²) < 4.78 is 0. The fourth-order valence-electron chi connectivity index (χ4n) is 4.89. The molecule has 5 aromatic carbocycles. The van der Waals surface area contributed by atoms with Gasteiger partial charge in [-0.3, -0.25) is 0 Å². The predicted octanol–water partition coefficient (Wildman–Crippen LogP) is 10.1. The first kappa shape index (κ1) is 26.5. The van der Waals surface area contributed by atoms with Crippen molar-refractivity contribution < 1.29 is 0 Å². The molecule has 0 bridgehead atoms. The quantitative estimate of drug-likeness (QED) is 0.242. The number of hydrogen-bond donors (Lipinski definition) is 1. The minimum Gasteiger partial charge on any atom is -0.355 e. The normalized spacial score (nSPS) is 10.4. The molecule has 0 amide bonds. The van der Waals surface area contributed by atoms with Crippen molar-refractivity contribution in [2.75, 3.05) is 4.90 Å². The Morgan fingerprint density at radius 2 is 0.762 bits per heavy atom. The number of aromatic nitrogens is 3. The molecule has 1 N–H and O–H groups in total. The van der Waals surface area contributed by atoms with Gasteiger partial charge in [0, 0.05) is 56.6 Å². The number of hydrogen-bond acceptors (Lipinski definition) is 3. The number of anilines is 3. The monoisotopic (exact) mass is 542 g/mol. The maximum Gasteiger partial charge on any atom is 0.159 e. The van der Waals surface area contributed by atoms with E-state index in [4.69, 9.17) is 0 Å². The van der Waals surface area contributed by atoms with Gasteiger partial charge in [0.1, 0.15) is 0 Å². The minimum atomic E-state index is 0.810. The Hall–Kier alpha value is -5.74. The largest absolute Gasteiger partial charge is 0.355 e. The lowest BCUT2D eigenvalue weighted by Gasteiger charge is -2.25. The van der Waals surface area contributed by atoms with E-state index < -0.39 is 0 Å². The molecule has 0 aliphatic rings. The summed E-state index contributed by atoms with van der Waals surface area (Å²) in [5, 5.41) is 3.70. The number of benzene rings is 5. The molecule has 8 rings (SSSR count). The van der Waals surface area contributed by atoms with Crippen LogP contribution in [0.25, 0.3) is 32.8 Å². The zero-order valence-electron chi connectivity index (χ0n) is 23.1. The first-order valence-electron chi connectivity index (χ1n) is 13.9. The molecule has 0 fully saturated rings. The van der Waals surface area contributed by atoms with Crippen LogP contribution in [0.4, 0.5) is 17.1 Å². The maximum absolute atomic E-state index is 4.07. The van der Waals surface area contributed by atoms with E-state index in [1.807, 2.05) is 42.5 Å². The third-order valence-corrected chi connectivity index (χ3v) is 6.83. The van der Waals surface area contributed by atoms with Gasteiger partial charge in [0.05, 0.1) is 0 Å². The second-order valence-corrected chi connectivity index (χ2v) is 9.61. The number of aromatic amines is 1. The summed E-state index contributed by atoms with van der Waals surface area (Å²) in [7, 11) is 0. The van der Waals surface area contributed by atoms with Gasteiger partial charge in [-0.05, 0) is 72.8 Å². The SMILES string of the molecule is c1ccc(N(c2ccccc2)c2ccccc2)cc1.c1ccc2c(c1)[nH]c1ccccc12.c1cnc2ncccc2c1. The Morgan fingerprint density at radius 1 is 0.381 bits per heavy atom. The number of nitrogens with zero attached hydrogens (tertiary/aromatic N) is 3. The van der Waals surface area contributed by atoms with Gasteiger partial charge in [-0.2, -0.15) is 0 Å². The minimum absolute atomic E-state index is 0.810. The molecule has 42 heavy (non-hydrogen) atoms. The summed E-state index contributed by atoms with van der Waals surface area (Å²) in [6, 6.07) is 55.8. The number of H-pyrrole nitrogens is 1. The molecule has 0 radical (unpaired) electrons. The number of para-hydroxylation sites is 5. The molecule has 0 unspecified atom stereocenters. The van der Waals surface area contributed by atoms with Gasteiger partial charge in [-0.1, -0.05) is 91.0 Å². The fourth-order valence-corrected chi connectivity index (χ4v) is 4.89. The van der Waals surface area contributed by atoms with E-state index in [9.17, 15) is 0 Å². The Labute approximate surface area is 245 Å². The molecule has 0 aliphatic heterocycles. The summed E-state index contributed by atoms with van der Waals surface area (Å²) in [5.74, 6) is 0. The molecule has 0 spiro atoms. The van der Waals surface area contributed by atoms with Crippen LogP contribution in [-0.2, 0) is 0 Å². The maximum atomic E-state index is 4.07. The lowest BCUT2D eigenvalue weighted by atomic mass is 10.2. The molecule has 0 aliphatic carbocycles. The molecule has 3 aromatic heterocycles. The molecule has 202 valence electrons. The van der Waals surface area contributed by atoms with Crippen LogP contribution in [0.15, 0.2) is 176 Å². The van der Waals surface area contributed by atoms with Crippen molar-refractivity contribution in [3.8, 4) is 0 Å². The third-order valence-electron chi connectivity index (χ3n) is 6.83. The van der Waals surface area contributed by atoms with Crippen molar-refractivity contribution >= 4 is 49.9 Å². The van der Waals surface area contributed by atoms with E-state index in [-0.39, 0.29) is 0 Å². The van der Waals surface area contributed by atoms with Crippen LogP contribution in [0.3, 0.4) is 0 Å². The van der Waals surface area contributed by atoms with Crippen LogP contribution in [0.5, 0.6) is 0 Å². The Bertz CT molecular complexity index is 1780. The molecule has 4 nitrogen and oxygen atoms in total. The fraction of sp³-hybridized carbons (Fsp3) is 0. The van der Waals surface area contributed by atoms with Gasteiger partial charge in [-0.25, -0.2) is 9.97 Å². The molecule has 0 saturated heterocycles. The summed E-state index contributed by atoms with van der Waals surface area (Å²) in [4.78, 5) is 13.8. The van der Waals surface area contributed by atoms with Gasteiger partial charge in [0.2, 0.25) is 0 Å². The van der Waals surface area contributed by atoms with Crippen molar-refractivity contribution in [2.24, 2.45) is 0 Å². The van der Waals surface area contributed by atoms with Crippen molar-refractivity contribution in [1.82, 2.24) is 15.0 Å². The summed E-state index contributed by atoms with van der Waals surface area (Å²) in [6.45, 7) is 0. The molecule has 3 heterocycles. The molecule has 0 atom stereocenters. The number of fused-ring (bicyclic) bond motifs is 4. The smallest absolute Gasteiger partial charge is 0.159 e. The van der Waals surface area contributed by atoms with E-state index in [2.05, 4.69) is 141 Å². The van der Waals surface area contributed by atoms with E-state index in [1.165, 1.54) is 38.9 Å². The number of pyridine rings is 2. The van der Waals surface area contributed by atoms with Crippen LogP contribution in [-0.4, -0.2) is 15.0 Å². The summed E-state index contributed by atoms with van der Waals surface area (Å²) >= 11 is 0. The Balaban J connectivity index is 0.000000119. The summed E-state index contributed by atoms with van der Waals surface area (Å²) in [6.07, 6.45) is 3.49. The zero-order chi connectivity index (χ0) is 28.4. The van der Waals surface area contributed by atoms with Gasteiger partial charge in [0.15, 0.2) is 5.65 Å². The third kappa shape index (κ3) is 6.19. The van der Waals surface area contributed by atoms with Crippen molar-refractivity contribution in [2.45, 2.75) is 0 Å². The molecule has 8 aromatic rings. The Morgan fingerprint density at radius 3 is 1.17 bits per heavy atom. The van der Waals surface area contributed by atoms with Crippen molar-refractivity contribution in [1.29, 1.82) is 0 Å². The van der Waals surface area contributed by atoms with Gasteiger partial charge >= 0.3 is 0 Å². The van der Waals surface area contributed by atoms with Gasteiger partial charge in [0.25, 0.3) is 0 Å². The first-order chi connectivity index (χ1) is 20.9. The number of rotatable bonds is 3. The average Bonchev–Trinajstić information content (AvgIpc) is 3.46. The van der Waals surface area contributed by atoms with E-state index in [0.717, 1.165) is 11.0 Å². The molecule has 0 saturated carbocycles. The van der Waals surface area contributed by atoms with Crippen molar-refractivity contribution in [3.63, 3.8) is 0 Å². The first-order valence-corrected chi connectivity index (χ1v) is 13.9. The van der Waals surface area contributed by atoms with Crippen molar-refractivity contribution in [3.05, 3.63) is 176 Å². The topological polar surface area (TPSA) is 44.8 Å². The second-order valence-electron chi connectivity index (χ2n) is 9.61. The van der Waals surface area contributed by atoms with Crippen LogP contribution in [0.1, 0.15) is 0 Å². The van der Waals surface area contributed by atoms with Gasteiger partial charge in [-0.15, -0.1) is 0 Å². The van der Waals surface area contributed by atoms with E-state index >= 15 is 0 Å².